The Balaban J connectivity index is 1.44. The minimum absolute atomic E-state index is 0.0578. The lowest BCUT2D eigenvalue weighted by Gasteiger charge is -2.16. The van der Waals surface area contributed by atoms with E-state index in [0.717, 1.165) is 42.9 Å². The van der Waals surface area contributed by atoms with Gasteiger partial charge in [0.2, 0.25) is 5.88 Å². The Labute approximate surface area is 186 Å². The highest BCUT2D eigenvalue weighted by Gasteiger charge is 2.23. The molecule has 0 saturated heterocycles. The lowest BCUT2D eigenvalue weighted by Crippen LogP contribution is -2.28. The molecule has 0 aliphatic carbocycles. The minimum atomic E-state index is -0.585. The lowest BCUT2D eigenvalue weighted by molar-refractivity contribution is 0.101. The molecule has 1 aromatic heterocycles. The fourth-order valence-corrected chi connectivity index (χ4v) is 3.65. The van der Waals surface area contributed by atoms with Crippen molar-refractivity contribution in [1.82, 2.24) is 14.9 Å². The van der Waals surface area contributed by atoms with Gasteiger partial charge in [-0.2, -0.15) is 0 Å². The van der Waals surface area contributed by atoms with E-state index in [4.69, 9.17) is 9.47 Å². The average molecular weight is 434 g/mol. The Bertz CT molecular complexity index is 1090. The van der Waals surface area contributed by atoms with Gasteiger partial charge in [-0.25, -0.2) is 9.78 Å². The van der Waals surface area contributed by atoms with Crippen molar-refractivity contribution in [2.45, 2.75) is 32.4 Å². The molecule has 2 N–H and O–H groups in total. The van der Waals surface area contributed by atoms with Crippen LogP contribution in [-0.2, 0) is 19.5 Å². The van der Waals surface area contributed by atoms with Crippen LogP contribution in [-0.4, -0.2) is 35.1 Å². The molecule has 0 unspecified atom stereocenters. The zero-order chi connectivity index (χ0) is 22.3. The van der Waals surface area contributed by atoms with Crippen LogP contribution in [0.15, 0.2) is 54.6 Å². The van der Waals surface area contributed by atoms with Crippen LogP contribution in [0, 0.1) is 0 Å². The number of rotatable bonds is 8. The van der Waals surface area contributed by atoms with Crippen LogP contribution in [0.2, 0.25) is 0 Å². The molecule has 32 heavy (non-hydrogen) atoms. The Morgan fingerprint density at radius 2 is 1.94 bits per heavy atom. The predicted octanol–water partition coefficient (Wildman–Crippen LogP) is 3.81. The van der Waals surface area contributed by atoms with Gasteiger partial charge in [0.1, 0.15) is 11.6 Å². The van der Waals surface area contributed by atoms with Crippen LogP contribution < -0.4 is 20.1 Å². The quantitative estimate of drug-likeness (QED) is 0.524. The first-order chi connectivity index (χ1) is 15.6. The van der Waals surface area contributed by atoms with Crippen molar-refractivity contribution >= 4 is 17.7 Å². The SMILES string of the molecule is COc1cccc(CNC(=O)Oc2c(NCC(=O)c3ccccc3)nc3n2CCCC3)c1. The molecule has 0 bridgehead atoms. The number of ether oxygens (including phenoxy) is 2. The molecular weight excluding hydrogens is 408 g/mol. The number of methoxy groups -OCH3 is 1. The largest absolute Gasteiger partial charge is 0.497 e. The molecule has 0 saturated carbocycles. The van der Waals surface area contributed by atoms with E-state index < -0.39 is 6.09 Å². The fourth-order valence-electron chi connectivity index (χ4n) is 3.65. The normalized spacial score (nSPS) is 12.5. The molecule has 4 rings (SSSR count). The molecule has 166 valence electrons. The zero-order valence-corrected chi connectivity index (χ0v) is 18.0. The van der Waals surface area contributed by atoms with Crippen molar-refractivity contribution in [3.05, 3.63) is 71.5 Å². The van der Waals surface area contributed by atoms with Crippen LogP contribution in [0.4, 0.5) is 10.6 Å². The van der Waals surface area contributed by atoms with E-state index in [0.29, 0.717) is 23.8 Å². The van der Waals surface area contributed by atoms with Gasteiger partial charge >= 0.3 is 6.09 Å². The molecule has 3 aromatic rings. The summed E-state index contributed by atoms with van der Waals surface area (Å²) in [5.41, 5.74) is 1.51. The number of imidazole rings is 1. The van der Waals surface area contributed by atoms with Crippen molar-refractivity contribution in [2.24, 2.45) is 0 Å². The van der Waals surface area contributed by atoms with Gasteiger partial charge in [0, 0.05) is 25.1 Å². The first kappa shape index (κ1) is 21.4. The van der Waals surface area contributed by atoms with E-state index in [1.54, 1.807) is 19.2 Å². The number of aromatic nitrogens is 2. The number of carbonyl (C=O) groups excluding carboxylic acids is 2. The van der Waals surface area contributed by atoms with Gasteiger partial charge in [-0.1, -0.05) is 42.5 Å². The molecule has 2 aromatic carbocycles. The van der Waals surface area contributed by atoms with Crippen molar-refractivity contribution in [2.75, 3.05) is 19.0 Å². The summed E-state index contributed by atoms with van der Waals surface area (Å²) in [6, 6.07) is 16.5. The third kappa shape index (κ3) is 5.08. The van der Waals surface area contributed by atoms with Gasteiger partial charge in [0.15, 0.2) is 11.6 Å². The lowest BCUT2D eigenvalue weighted by atomic mass is 10.1. The molecule has 2 heterocycles. The summed E-state index contributed by atoms with van der Waals surface area (Å²) in [6.45, 7) is 1.07. The molecule has 0 fully saturated rings. The number of aryl methyl sites for hydroxylation is 1. The van der Waals surface area contributed by atoms with Gasteiger partial charge in [-0.05, 0) is 30.5 Å². The first-order valence-corrected chi connectivity index (χ1v) is 10.6. The van der Waals surface area contributed by atoms with E-state index in [1.807, 2.05) is 47.0 Å². The Hall–Kier alpha value is -3.81. The summed E-state index contributed by atoms with van der Waals surface area (Å²) in [7, 11) is 1.60. The van der Waals surface area contributed by atoms with Crippen LogP contribution >= 0.6 is 0 Å². The number of nitrogens with zero attached hydrogens (tertiary/aromatic N) is 2. The smallest absolute Gasteiger partial charge is 0.414 e. The van der Waals surface area contributed by atoms with E-state index in [1.165, 1.54) is 0 Å². The number of fused-ring (bicyclic) bond motifs is 1. The van der Waals surface area contributed by atoms with Crippen molar-refractivity contribution in [3.63, 3.8) is 0 Å². The summed E-state index contributed by atoms with van der Waals surface area (Å²) in [6.07, 6.45) is 2.23. The topological polar surface area (TPSA) is 94.5 Å². The highest BCUT2D eigenvalue weighted by atomic mass is 16.6. The summed E-state index contributed by atoms with van der Waals surface area (Å²) < 4.78 is 12.8. The fraction of sp³-hybridized carbons (Fsp3) is 0.292. The Morgan fingerprint density at radius 3 is 2.75 bits per heavy atom. The van der Waals surface area contributed by atoms with Crippen LogP contribution in [0.1, 0.15) is 34.6 Å². The van der Waals surface area contributed by atoms with Crippen molar-refractivity contribution in [3.8, 4) is 11.6 Å². The number of ketones is 1. The van der Waals surface area contributed by atoms with Crippen LogP contribution in [0.3, 0.4) is 0 Å². The summed E-state index contributed by atoms with van der Waals surface area (Å²) in [5, 5.41) is 5.82. The first-order valence-electron chi connectivity index (χ1n) is 10.6. The van der Waals surface area contributed by atoms with Crippen LogP contribution in [0.25, 0.3) is 0 Å². The molecule has 8 nitrogen and oxygen atoms in total. The third-order valence-electron chi connectivity index (χ3n) is 5.30. The minimum Gasteiger partial charge on any atom is -0.497 e. The second-order valence-electron chi connectivity index (χ2n) is 7.53. The Kier molecular flexibility index (Phi) is 6.69. The standard InChI is InChI=1S/C24H26N4O4/c1-31-19-11-7-8-17(14-19)15-26-24(30)32-23-22(27-21-12-5-6-13-28(21)23)25-16-20(29)18-9-3-2-4-10-18/h2-4,7-11,14,25H,5-6,12-13,15-16H2,1H3,(H,26,30). The zero-order valence-electron chi connectivity index (χ0n) is 18.0. The molecule has 0 spiro atoms. The maximum atomic E-state index is 12.5. The maximum Gasteiger partial charge on any atom is 0.414 e. The molecule has 1 aliphatic rings. The number of amides is 1. The molecular formula is C24H26N4O4. The second-order valence-corrected chi connectivity index (χ2v) is 7.53. The van der Waals surface area contributed by atoms with E-state index in [2.05, 4.69) is 15.6 Å². The molecule has 8 heteroatoms. The molecule has 0 atom stereocenters. The van der Waals surface area contributed by atoms with Crippen molar-refractivity contribution in [1.29, 1.82) is 0 Å². The summed E-state index contributed by atoms with van der Waals surface area (Å²) in [4.78, 5) is 29.6. The van der Waals surface area contributed by atoms with Gasteiger partial charge in [0.05, 0.1) is 13.7 Å². The molecule has 0 radical (unpaired) electrons. The highest BCUT2D eigenvalue weighted by molar-refractivity contribution is 5.99. The predicted molar refractivity (Wildman–Crippen MR) is 120 cm³/mol. The Morgan fingerprint density at radius 1 is 1.09 bits per heavy atom. The maximum absolute atomic E-state index is 12.5. The summed E-state index contributed by atoms with van der Waals surface area (Å²) in [5.74, 6) is 2.25. The van der Waals surface area contributed by atoms with Gasteiger partial charge < -0.3 is 20.1 Å². The highest BCUT2D eigenvalue weighted by Crippen LogP contribution is 2.30. The number of hydrogen-bond acceptors (Lipinski definition) is 6. The van der Waals surface area contributed by atoms with Gasteiger partial charge in [-0.15, -0.1) is 0 Å². The summed E-state index contributed by atoms with van der Waals surface area (Å²) >= 11 is 0. The van der Waals surface area contributed by atoms with Gasteiger partial charge in [0.25, 0.3) is 0 Å². The molecule has 1 aliphatic heterocycles. The van der Waals surface area contributed by atoms with E-state index in [9.17, 15) is 9.59 Å². The number of benzene rings is 2. The molecule has 1 amide bonds. The monoisotopic (exact) mass is 434 g/mol. The number of nitrogens with one attached hydrogen (secondary N) is 2. The number of hydrogen-bond donors (Lipinski definition) is 2. The third-order valence-corrected chi connectivity index (χ3v) is 5.30. The number of anilines is 1. The number of Topliss-reactive ketones (excluding diaryl/α,β-unsaturated/α-hetero) is 1. The van der Waals surface area contributed by atoms with Crippen molar-refractivity contribution < 1.29 is 19.1 Å². The van der Waals surface area contributed by atoms with Crippen LogP contribution in [0.5, 0.6) is 11.6 Å². The van der Waals surface area contributed by atoms with Gasteiger partial charge in [-0.3, -0.25) is 9.36 Å². The second kappa shape index (κ2) is 10.00. The number of carbonyl (C=O) groups is 2. The average Bonchev–Trinajstić information content (AvgIpc) is 3.19. The van der Waals surface area contributed by atoms with E-state index in [-0.39, 0.29) is 12.3 Å². The van der Waals surface area contributed by atoms with E-state index >= 15 is 0 Å².